The lowest BCUT2D eigenvalue weighted by molar-refractivity contribution is -0.160. The molecule has 0 spiro atoms. The Morgan fingerprint density at radius 3 is 2.67 bits per heavy atom. The number of nitrogens with zero attached hydrogens (tertiary/aromatic N) is 4. The Labute approximate surface area is 106 Å². The zero-order chi connectivity index (χ0) is 13.3. The molecular weight excluding hydrogens is 232 g/mol. The van der Waals surface area contributed by atoms with Crippen molar-refractivity contribution in [3.63, 3.8) is 0 Å². The Morgan fingerprint density at radius 2 is 2.06 bits per heavy atom. The largest absolute Gasteiger partial charge is 0.330 e. The molecule has 18 heavy (non-hydrogen) atoms. The highest BCUT2D eigenvalue weighted by Crippen LogP contribution is 2.21. The normalized spacial score (nSPS) is 19.5. The number of likely N-dealkylation sites (N-methyl/N-ethyl adjacent to an activating group) is 1. The molecule has 6 heteroatoms. The molecule has 0 saturated carbocycles. The fourth-order valence-corrected chi connectivity index (χ4v) is 2.02. The van der Waals surface area contributed by atoms with Crippen LogP contribution in [0.3, 0.4) is 0 Å². The third kappa shape index (κ3) is 2.10. The molecule has 0 aromatic carbocycles. The summed E-state index contributed by atoms with van der Waals surface area (Å²) in [6.07, 6.45) is 3.54. The Kier molecular flexibility index (Phi) is 3.11. The summed E-state index contributed by atoms with van der Waals surface area (Å²) < 4.78 is 1.75. The lowest BCUT2D eigenvalue weighted by atomic mass is 9.98. The first kappa shape index (κ1) is 12.6. The number of carbonyl (C=O) groups is 2. The van der Waals surface area contributed by atoms with E-state index in [0.717, 1.165) is 0 Å². The quantitative estimate of drug-likeness (QED) is 0.756. The molecule has 2 heterocycles. The molecule has 1 saturated heterocycles. The van der Waals surface area contributed by atoms with Crippen LogP contribution in [0.15, 0.2) is 18.5 Å². The fraction of sp³-hybridized carbons (Fsp3) is 0.583. The third-order valence-corrected chi connectivity index (χ3v) is 3.51. The van der Waals surface area contributed by atoms with E-state index in [-0.39, 0.29) is 18.4 Å². The number of hydrogen-bond donors (Lipinski definition) is 0. The summed E-state index contributed by atoms with van der Waals surface area (Å²) >= 11 is 0. The second-order valence-electron chi connectivity index (χ2n) is 5.01. The summed E-state index contributed by atoms with van der Waals surface area (Å²) in [5.74, 6) is -0.0446. The van der Waals surface area contributed by atoms with Crippen molar-refractivity contribution in [1.29, 1.82) is 0 Å². The number of amides is 2. The molecule has 0 N–H and O–H groups in total. The number of carbonyl (C=O) groups excluding carboxylic acids is 2. The molecule has 98 valence electrons. The molecule has 0 aliphatic carbocycles. The minimum atomic E-state index is -0.764. The van der Waals surface area contributed by atoms with Crippen molar-refractivity contribution in [1.82, 2.24) is 19.6 Å². The highest BCUT2D eigenvalue weighted by molar-refractivity contribution is 5.97. The van der Waals surface area contributed by atoms with Crippen LogP contribution in [0.2, 0.25) is 0 Å². The average Bonchev–Trinajstić information content (AvgIpc) is 2.83. The molecule has 2 rings (SSSR count). The summed E-state index contributed by atoms with van der Waals surface area (Å²) in [6, 6.07) is 1.83. The second kappa shape index (κ2) is 4.44. The summed E-state index contributed by atoms with van der Waals surface area (Å²) in [7, 11) is 1.67. The van der Waals surface area contributed by atoms with Crippen molar-refractivity contribution in [2.24, 2.45) is 0 Å². The zero-order valence-corrected chi connectivity index (χ0v) is 11.0. The van der Waals surface area contributed by atoms with Crippen molar-refractivity contribution in [2.75, 3.05) is 20.1 Å². The topological polar surface area (TPSA) is 58.4 Å². The summed E-state index contributed by atoms with van der Waals surface area (Å²) in [5, 5.41) is 4.08. The maximum Gasteiger partial charge on any atom is 0.248 e. The van der Waals surface area contributed by atoms with Crippen LogP contribution in [0.5, 0.6) is 0 Å². The van der Waals surface area contributed by atoms with Crippen molar-refractivity contribution >= 4 is 11.8 Å². The number of rotatable bonds is 3. The standard InChI is InChI=1S/C12H18N4O2/c1-12(2)11(18)15(9-10(17)14(12)3)7-8-16-6-4-5-13-16/h4-6H,7-9H2,1-3H3. The van der Waals surface area contributed by atoms with Gasteiger partial charge in [-0.25, -0.2) is 0 Å². The van der Waals surface area contributed by atoms with E-state index in [2.05, 4.69) is 5.10 Å². The highest BCUT2D eigenvalue weighted by atomic mass is 16.2. The molecule has 0 bridgehead atoms. The van der Waals surface area contributed by atoms with Crippen LogP contribution in [-0.2, 0) is 16.1 Å². The molecule has 0 radical (unpaired) electrons. The van der Waals surface area contributed by atoms with Crippen molar-refractivity contribution in [3.8, 4) is 0 Å². The van der Waals surface area contributed by atoms with Gasteiger partial charge in [0.1, 0.15) is 5.54 Å². The van der Waals surface area contributed by atoms with Crippen LogP contribution in [0.1, 0.15) is 13.8 Å². The van der Waals surface area contributed by atoms with E-state index in [1.165, 1.54) is 4.90 Å². The third-order valence-electron chi connectivity index (χ3n) is 3.51. The van der Waals surface area contributed by atoms with Crippen molar-refractivity contribution < 1.29 is 9.59 Å². The number of piperazine rings is 1. The van der Waals surface area contributed by atoms with Crippen molar-refractivity contribution in [2.45, 2.75) is 25.9 Å². The molecule has 1 fully saturated rings. The average molecular weight is 250 g/mol. The maximum atomic E-state index is 12.3. The van der Waals surface area contributed by atoms with Gasteiger partial charge in [0, 0.05) is 26.0 Å². The summed E-state index contributed by atoms with van der Waals surface area (Å²) in [5.41, 5.74) is -0.764. The molecule has 0 atom stereocenters. The van der Waals surface area contributed by atoms with E-state index in [4.69, 9.17) is 0 Å². The Bertz CT molecular complexity index is 453. The van der Waals surface area contributed by atoms with Crippen LogP contribution in [0.25, 0.3) is 0 Å². The summed E-state index contributed by atoms with van der Waals surface area (Å²) in [6.45, 7) is 4.80. The molecule has 0 unspecified atom stereocenters. The van der Waals surface area contributed by atoms with Gasteiger partial charge >= 0.3 is 0 Å². The second-order valence-corrected chi connectivity index (χ2v) is 5.01. The van der Waals surface area contributed by atoms with Gasteiger partial charge in [-0.05, 0) is 19.9 Å². The van der Waals surface area contributed by atoms with Gasteiger partial charge in [0.25, 0.3) is 0 Å². The Balaban J connectivity index is 2.05. The van der Waals surface area contributed by atoms with E-state index in [0.29, 0.717) is 13.1 Å². The smallest absolute Gasteiger partial charge is 0.248 e. The van der Waals surface area contributed by atoms with Gasteiger partial charge in [-0.1, -0.05) is 0 Å². The molecule has 6 nitrogen and oxygen atoms in total. The molecular formula is C12H18N4O2. The first-order valence-electron chi connectivity index (χ1n) is 5.96. The predicted molar refractivity (Wildman–Crippen MR) is 65.7 cm³/mol. The van der Waals surface area contributed by atoms with Crippen LogP contribution in [0.4, 0.5) is 0 Å². The first-order chi connectivity index (χ1) is 8.43. The maximum absolute atomic E-state index is 12.3. The lowest BCUT2D eigenvalue weighted by Gasteiger charge is -2.43. The van der Waals surface area contributed by atoms with E-state index in [9.17, 15) is 9.59 Å². The minimum Gasteiger partial charge on any atom is -0.330 e. The van der Waals surface area contributed by atoms with E-state index in [1.54, 1.807) is 36.7 Å². The fourth-order valence-electron chi connectivity index (χ4n) is 2.02. The van der Waals surface area contributed by atoms with Crippen LogP contribution >= 0.6 is 0 Å². The van der Waals surface area contributed by atoms with Crippen molar-refractivity contribution in [3.05, 3.63) is 18.5 Å². The number of aromatic nitrogens is 2. The van der Waals surface area contributed by atoms with Gasteiger partial charge in [0.2, 0.25) is 11.8 Å². The van der Waals surface area contributed by atoms with Gasteiger partial charge in [0.15, 0.2) is 0 Å². The van der Waals surface area contributed by atoms with Crippen LogP contribution < -0.4 is 0 Å². The molecule has 1 aliphatic heterocycles. The molecule has 2 amide bonds. The van der Waals surface area contributed by atoms with Gasteiger partial charge < -0.3 is 9.80 Å². The monoisotopic (exact) mass is 250 g/mol. The van der Waals surface area contributed by atoms with Gasteiger partial charge in [-0.2, -0.15) is 5.10 Å². The summed E-state index contributed by atoms with van der Waals surface area (Å²) in [4.78, 5) is 27.2. The zero-order valence-electron chi connectivity index (χ0n) is 11.0. The minimum absolute atomic E-state index is 0.0169. The SMILES string of the molecule is CN1C(=O)CN(CCn2cccn2)C(=O)C1(C)C. The molecule has 1 aromatic rings. The van der Waals surface area contributed by atoms with Crippen LogP contribution in [-0.4, -0.2) is 57.1 Å². The molecule has 1 aliphatic rings. The Morgan fingerprint density at radius 1 is 1.33 bits per heavy atom. The first-order valence-corrected chi connectivity index (χ1v) is 5.96. The van der Waals surface area contributed by atoms with Crippen LogP contribution in [0, 0.1) is 0 Å². The van der Waals surface area contributed by atoms with E-state index < -0.39 is 5.54 Å². The highest BCUT2D eigenvalue weighted by Gasteiger charge is 2.43. The van der Waals surface area contributed by atoms with E-state index >= 15 is 0 Å². The van der Waals surface area contributed by atoms with Gasteiger partial charge in [0.05, 0.1) is 13.1 Å². The van der Waals surface area contributed by atoms with Gasteiger partial charge in [-0.15, -0.1) is 0 Å². The van der Waals surface area contributed by atoms with Gasteiger partial charge in [-0.3, -0.25) is 14.3 Å². The lowest BCUT2D eigenvalue weighted by Crippen LogP contribution is -2.64. The number of hydrogen-bond acceptors (Lipinski definition) is 3. The Hall–Kier alpha value is -1.85. The predicted octanol–water partition coefficient (Wildman–Crippen LogP) is -0.0377. The molecule has 1 aromatic heterocycles. The van der Waals surface area contributed by atoms with E-state index in [1.807, 2.05) is 12.3 Å².